The SMILES string of the molecule is COc1nc(Nc2c(F)cc(Br)cc2F)ccc1N. The largest absolute Gasteiger partial charge is 0.479 e. The summed E-state index contributed by atoms with van der Waals surface area (Å²) in [5, 5.41) is 2.55. The number of rotatable bonds is 3. The van der Waals surface area contributed by atoms with Crippen LogP contribution in [0.1, 0.15) is 0 Å². The van der Waals surface area contributed by atoms with Gasteiger partial charge in [-0.05, 0) is 24.3 Å². The monoisotopic (exact) mass is 329 g/mol. The highest BCUT2D eigenvalue weighted by Crippen LogP contribution is 2.28. The third-order valence-electron chi connectivity index (χ3n) is 2.34. The fraction of sp³-hybridized carbons (Fsp3) is 0.0833. The lowest BCUT2D eigenvalue weighted by atomic mass is 10.3. The van der Waals surface area contributed by atoms with Crippen LogP contribution in [-0.4, -0.2) is 12.1 Å². The molecule has 0 unspecified atom stereocenters. The number of ether oxygens (including phenoxy) is 1. The van der Waals surface area contributed by atoms with Crippen molar-refractivity contribution in [3.05, 3.63) is 40.4 Å². The van der Waals surface area contributed by atoms with E-state index in [1.54, 1.807) is 0 Å². The molecule has 1 aromatic heterocycles. The van der Waals surface area contributed by atoms with Gasteiger partial charge in [-0.15, -0.1) is 0 Å². The lowest BCUT2D eigenvalue weighted by Crippen LogP contribution is -2.02. The van der Waals surface area contributed by atoms with Crippen LogP contribution in [0.5, 0.6) is 5.88 Å². The molecule has 0 fully saturated rings. The highest BCUT2D eigenvalue weighted by molar-refractivity contribution is 9.10. The van der Waals surface area contributed by atoms with E-state index in [2.05, 4.69) is 26.2 Å². The second-order valence-electron chi connectivity index (χ2n) is 3.66. The zero-order valence-corrected chi connectivity index (χ0v) is 11.5. The molecule has 4 nitrogen and oxygen atoms in total. The molecular weight excluding hydrogens is 320 g/mol. The lowest BCUT2D eigenvalue weighted by Gasteiger charge is -2.10. The van der Waals surface area contributed by atoms with E-state index in [1.165, 1.54) is 19.2 Å². The minimum absolute atomic E-state index is 0.183. The summed E-state index contributed by atoms with van der Waals surface area (Å²) >= 11 is 3.00. The van der Waals surface area contributed by atoms with Gasteiger partial charge in [-0.1, -0.05) is 15.9 Å². The standard InChI is InChI=1S/C12H10BrF2N3O/c1-19-12-9(16)2-3-10(18-12)17-11-7(14)4-6(13)5-8(11)15/h2-5H,16H2,1H3,(H,17,18). The molecule has 3 N–H and O–H groups in total. The number of nitrogens with two attached hydrogens (primary N) is 1. The molecule has 100 valence electrons. The van der Waals surface area contributed by atoms with E-state index in [1.807, 2.05) is 0 Å². The molecule has 0 saturated heterocycles. The first-order valence-electron chi connectivity index (χ1n) is 5.23. The van der Waals surface area contributed by atoms with Crippen LogP contribution in [0.25, 0.3) is 0 Å². The van der Waals surface area contributed by atoms with E-state index in [-0.39, 0.29) is 17.4 Å². The number of nitrogens with zero attached hydrogens (tertiary/aromatic N) is 1. The number of methoxy groups -OCH3 is 1. The number of hydrogen-bond donors (Lipinski definition) is 2. The maximum Gasteiger partial charge on any atom is 0.238 e. The van der Waals surface area contributed by atoms with Crippen molar-refractivity contribution in [2.24, 2.45) is 0 Å². The van der Waals surface area contributed by atoms with Gasteiger partial charge < -0.3 is 15.8 Å². The molecule has 2 rings (SSSR count). The molecule has 0 aliphatic carbocycles. The zero-order chi connectivity index (χ0) is 14.0. The Kier molecular flexibility index (Phi) is 3.84. The fourth-order valence-electron chi connectivity index (χ4n) is 1.47. The van der Waals surface area contributed by atoms with Crippen molar-refractivity contribution in [1.82, 2.24) is 4.98 Å². The minimum Gasteiger partial charge on any atom is -0.479 e. The summed E-state index contributed by atoms with van der Waals surface area (Å²) in [5.74, 6) is -1.05. The molecule has 0 bridgehead atoms. The lowest BCUT2D eigenvalue weighted by molar-refractivity contribution is 0.401. The molecule has 0 aliphatic rings. The molecule has 7 heteroatoms. The summed E-state index contributed by atoms with van der Waals surface area (Å²) in [6.45, 7) is 0. The molecule has 0 atom stereocenters. The van der Waals surface area contributed by atoms with Crippen LogP contribution in [0.2, 0.25) is 0 Å². The van der Waals surface area contributed by atoms with E-state index in [9.17, 15) is 8.78 Å². The Morgan fingerprint density at radius 3 is 2.47 bits per heavy atom. The van der Waals surface area contributed by atoms with Crippen LogP contribution in [0.3, 0.4) is 0 Å². The van der Waals surface area contributed by atoms with Crippen molar-refractivity contribution in [3.63, 3.8) is 0 Å². The van der Waals surface area contributed by atoms with Crippen LogP contribution in [0.4, 0.5) is 26.0 Å². The molecule has 0 aliphatic heterocycles. The molecule has 2 aromatic rings. The second kappa shape index (κ2) is 5.40. The minimum atomic E-state index is -0.732. The van der Waals surface area contributed by atoms with E-state index in [4.69, 9.17) is 10.5 Å². The molecular formula is C12H10BrF2N3O. The third-order valence-corrected chi connectivity index (χ3v) is 2.80. The van der Waals surface area contributed by atoms with Gasteiger partial charge >= 0.3 is 0 Å². The highest BCUT2D eigenvalue weighted by atomic mass is 79.9. The predicted octanol–water partition coefficient (Wildman–Crippen LogP) is 3.46. The molecule has 0 saturated carbocycles. The van der Waals surface area contributed by atoms with Crippen molar-refractivity contribution >= 4 is 33.1 Å². The van der Waals surface area contributed by atoms with Gasteiger partial charge in [0.2, 0.25) is 5.88 Å². The van der Waals surface area contributed by atoms with Gasteiger partial charge in [0.25, 0.3) is 0 Å². The number of nitrogen functional groups attached to an aromatic ring is 1. The average molecular weight is 330 g/mol. The average Bonchev–Trinajstić information content (AvgIpc) is 2.35. The predicted molar refractivity (Wildman–Crippen MR) is 72.5 cm³/mol. The number of pyridine rings is 1. The number of halogens is 3. The number of hydrogen-bond acceptors (Lipinski definition) is 4. The van der Waals surface area contributed by atoms with Gasteiger partial charge in [-0.3, -0.25) is 0 Å². The Balaban J connectivity index is 2.36. The van der Waals surface area contributed by atoms with Crippen LogP contribution >= 0.6 is 15.9 Å². The summed E-state index contributed by atoms with van der Waals surface area (Å²) in [6.07, 6.45) is 0. The first-order chi connectivity index (χ1) is 9.01. The topological polar surface area (TPSA) is 60.2 Å². The highest BCUT2D eigenvalue weighted by Gasteiger charge is 2.12. The first-order valence-corrected chi connectivity index (χ1v) is 6.02. The van der Waals surface area contributed by atoms with Crippen LogP contribution < -0.4 is 15.8 Å². The number of aromatic nitrogens is 1. The van der Waals surface area contributed by atoms with Crippen LogP contribution in [0.15, 0.2) is 28.7 Å². The number of benzene rings is 1. The third kappa shape index (κ3) is 2.93. The maximum absolute atomic E-state index is 13.6. The van der Waals surface area contributed by atoms with E-state index >= 15 is 0 Å². The van der Waals surface area contributed by atoms with Crippen molar-refractivity contribution in [3.8, 4) is 5.88 Å². The summed E-state index contributed by atoms with van der Waals surface area (Å²) < 4.78 is 32.5. The van der Waals surface area contributed by atoms with Crippen molar-refractivity contribution in [2.45, 2.75) is 0 Å². The van der Waals surface area contributed by atoms with E-state index < -0.39 is 11.6 Å². The Labute approximate surface area is 116 Å². The summed E-state index contributed by atoms with van der Waals surface area (Å²) in [5.41, 5.74) is 5.65. The van der Waals surface area contributed by atoms with Crippen LogP contribution in [0, 0.1) is 11.6 Å². The van der Waals surface area contributed by atoms with Gasteiger partial charge in [0, 0.05) is 4.47 Å². The molecule has 1 aromatic carbocycles. The molecule has 0 amide bonds. The zero-order valence-electron chi connectivity index (χ0n) is 9.88. The summed E-state index contributed by atoms with van der Waals surface area (Å²) in [4.78, 5) is 3.99. The molecule has 0 spiro atoms. The van der Waals surface area contributed by atoms with Crippen LogP contribution in [-0.2, 0) is 0 Å². The molecule has 1 heterocycles. The first kappa shape index (κ1) is 13.5. The molecule has 19 heavy (non-hydrogen) atoms. The van der Waals surface area contributed by atoms with Crippen molar-refractivity contribution in [2.75, 3.05) is 18.2 Å². The van der Waals surface area contributed by atoms with Gasteiger partial charge in [-0.25, -0.2) is 8.78 Å². The fourth-order valence-corrected chi connectivity index (χ4v) is 1.88. The van der Waals surface area contributed by atoms with E-state index in [0.29, 0.717) is 10.2 Å². The smallest absolute Gasteiger partial charge is 0.238 e. The quantitative estimate of drug-likeness (QED) is 0.905. The molecule has 0 radical (unpaired) electrons. The number of anilines is 3. The Morgan fingerprint density at radius 2 is 1.89 bits per heavy atom. The Morgan fingerprint density at radius 1 is 1.26 bits per heavy atom. The summed E-state index contributed by atoms with van der Waals surface area (Å²) in [7, 11) is 1.41. The Bertz CT molecular complexity index is 599. The van der Waals surface area contributed by atoms with Crippen molar-refractivity contribution in [1.29, 1.82) is 0 Å². The van der Waals surface area contributed by atoms with Crippen molar-refractivity contribution < 1.29 is 13.5 Å². The number of nitrogens with one attached hydrogen (secondary N) is 1. The van der Waals surface area contributed by atoms with E-state index in [0.717, 1.165) is 12.1 Å². The summed E-state index contributed by atoms with van der Waals surface area (Å²) in [6, 6.07) is 5.33. The normalized spacial score (nSPS) is 10.3. The van der Waals surface area contributed by atoms with Gasteiger partial charge in [0.05, 0.1) is 12.8 Å². The van der Waals surface area contributed by atoms with Gasteiger partial charge in [-0.2, -0.15) is 4.98 Å². The second-order valence-corrected chi connectivity index (χ2v) is 4.58. The Hall–Kier alpha value is -1.89. The van der Waals surface area contributed by atoms with Gasteiger partial charge in [0.15, 0.2) is 11.6 Å². The van der Waals surface area contributed by atoms with Gasteiger partial charge in [0.1, 0.15) is 11.5 Å². The maximum atomic E-state index is 13.6.